The summed E-state index contributed by atoms with van der Waals surface area (Å²) < 4.78 is 23.1. The maximum Gasteiger partial charge on any atom is 0.277 e. The van der Waals surface area contributed by atoms with Crippen LogP contribution in [0.25, 0.3) is 11.5 Å². The lowest BCUT2D eigenvalue weighted by Gasteiger charge is -2.25. The fourth-order valence-electron chi connectivity index (χ4n) is 3.29. The molecule has 0 saturated heterocycles. The van der Waals surface area contributed by atoms with Crippen molar-refractivity contribution in [2.75, 3.05) is 32.6 Å². The average Bonchev–Trinajstić information content (AvgIpc) is 3.33. The summed E-state index contributed by atoms with van der Waals surface area (Å²) in [4.78, 5) is 14.4. The van der Waals surface area contributed by atoms with Gasteiger partial charge in [-0.15, -0.1) is 10.2 Å². The molecule has 1 aromatic heterocycles. The molecular weight excluding hydrogens is 454 g/mol. The molecule has 3 aromatic rings. The van der Waals surface area contributed by atoms with Gasteiger partial charge in [-0.3, -0.25) is 4.79 Å². The molecule has 0 spiro atoms. The second-order valence-electron chi connectivity index (χ2n) is 7.35. The zero-order valence-corrected chi connectivity index (χ0v) is 21.1. The maximum atomic E-state index is 12.7. The molecule has 1 atom stereocenters. The van der Waals surface area contributed by atoms with Gasteiger partial charge in [0.1, 0.15) is 0 Å². The summed E-state index contributed by atoms with van der Waals surface area (Å²) in [5.41, 5.74) is 1.73. The van der Waals surface area contributed by atoms with E-state index in [-0.39, 0.29) is 17.7 Å². The van der Waals surface area contributed by atoms with Crippen molar-refractivity contribution in [3.63, 3.8) is 0 Å². The Morgan fingerprint density at radius 1 is 1.00 bits per heavy atom. The molecule has 2 aromatic carbocycles. The van der Waals surface area contributed by atoms with Crippen LogP contribution in [-0.2, 0) is 4.79 Å². The summed E-state index contributed by atoms with van der Waals surface area (Å²) in [5, 5.41) is 8.57. The second kappa shape index (κ2) is 12.3. The number of carbonyl (C=O) groups excluding carboxylic acids is 1. The van der Waals surface area contributed by atoms with Gasteiger partial charge in [0.2, 0.25) is 17.5 Å². The summed E-state index contributed by atoms with van der Waals surface area (Å²) in [6, 6.07) is 13.5. The summed E-state index contributed by atoms with van der Waals surface area (Å²) in [7, 11) is 1.80. The minimum atomic E-state index is -0.0367. The summed E-state index contributed by atoms with van der Waals surface area (Å²) in [6.07, 6.45) is 0. The van der Waals surface area contributed by atoms with Crippen LogP contribution in [0, 0.1) is 0 Å². The van der Waals surface area contributed by atoms with Crippen molar-refractivity contribution in [1.82, 2.24) is 15.1 Å². The van der Waals surface area contributed by atoms with Crippen molar-refractivity contribution < 1.29 is 23.4 Å². The van der Waals surface area contributed by atoms with Crippen LogP contribution < -0.4 is 14.2 Å². The molecule has 0 bridgehead atoms. The number of benzene rings is 2. The number of aromatic nitrogens is 2. The van der Waals surface area contributed by atoms with E-state index in [2.05, 4.69) is 10.2 Å². The molecule has 0 aliphatic carbocycles. The number of rotatable bonds is 12. The Kier molecular flexibility index (Phi) is 9.21. The molecule has 3 rings (SSSR count). The Balaban J connectivity index is 1.72. The molecule has 0 saturated carbocycles. The molecule has 1 heterocycles. The summed E-state index contributed by atoms with van der Waals surface area (Å²) >= 11 is 1.21. The molecule has 8 nitrogen and oxygen atoms in total. The first-order chi connectivity index (χ1) is 16.5. The van der Waals surface area contributed by atoms with Gasteiger partial charge in [-0.05, 0) is 45.4 Å². The van der Waals surface area contributed by atoms with Crippen molar-refractivity contribution >= 4 is 17.7 Å². The Hall–Kier alpha value is -3.20. The highest BCUT2D eigenvalue weighted by atomic mass is 32.2. The van der Waals surface area contributed by atoms with Gasteiger partial charge < -0.3 is 23.5 Å². The Labute approximate surface area is 204 Å². The normalized spacial score (nSPS) is 11.7. The molecular formula is C25H31N3O5S. The molecule has 1 unspecified atom stereocenters. The number of nitrogens with zero attached hydrogens (tertiary/aromatic N) is 3. The maximum absolute atomic E-state index is 12.7. The van der Waals surface area contributed by atoms with Crippen LogP contribution >= 0.6 is 11.8 Å². The highest BCUT2D eigenvalue weighted by Gasteiger charge is 2.21. The van der Waals surface area contributed by atoms with Gasteiger partial charge in [0.05, 0.1) is 31.6 Å². The highest BCUT2D eigenvalue weighted by molar-refractivity contribution is 7.99. The lowest BCUT2D eigenvalue weighted by Crippen LogP contribution is -2.31. The SMILES string of the molecule is CCOc1cc(-c2nnc(SCC(=O)N(C)C(C)c3ccccc3)o2)cc(OCC)c1OCC. The van der Waals surface area contributed by atoms with E-state index in [0.717, 1.165) is 5.56 Å². The van der Waals surface area contributed by atoms with Crippen LogP contribution in [0.4, 0.5) is 0 Å². The van der Waals surface area contributed by atoms with Crippen LogP contribution in [0.3, 0.4) is 0 Å². The first-order valence-electron chi connectivity index (χ1n) is 11.3. The van der Waals surface area contributed by atoms with Crippen molar-refractivity contribution in [1.29, 1.82) is 0 Å². The van der Waals surface area contributed by atoms with Crippen molar-refractivity contribution in [2.45, 2.75) is 39.0 Å². The van der Waals surface area contributed by atoms with Gasteiger partial charge in [0.15, 0.2) is 11.5 Å². The molecule has 34 heavy (non-hydrogen) atoms. The van der Waals surface area contributed by atoms with Crippen molar-refractivity contribution in [3.8, 4) is 28.7 Å². The van der Waals surface area contributed by atoms with E-state index in [1.165, 1.54) is 11.8 Å². The minimum absolute atomic E-state index is 0.0283. The van der Waals surface area contributed by atoms with Crippen molar-refractivity contribution in [3.05, 3.63) is 48.0 Å². The van der Waals surface area contributed by atoms with E-state index in [0.29, 0.717) is 53.7 Å². The van der Waals surface area contributed by atoms with Gasteiger partial charge in [-0.2, -0.15) is 0 Å². The number of thioether (sulfide) groups is 1. The molecule has 0 aliphatic rings. The predicted molar refractivity (Wildman–Crippen MR) is 132 cm³/mol. The van der Waals surface area contributed by atoms with E-state index in [4.69, 9.17) is 18.6 Å². The number of hydrogen-bond acceptors (Lipinski definition) is 8. The van der Waals surface area contributed by atoms with Crippen LogP contribution in [0.1, 0.15) is 39.3 Å². The minimum Gasteiger partial charge on any atom is -0.490 e. The summed E-state index contributed by atoms with van der Waals surface area (Å²) in [5.74, 6) is 2.11. The number of carbonyl (C=O) groups is 1. The first kappa shape index (κ1) is 25.4. The fourth-order valence-corrected chi connectivity index (χ4v) is 3.98. The molecule has 0 N–H and O–H groups in total. The van der Waals surface area contributed by atoms with E-state index >= 15 is 0 Å². The topological polar surface area (TPSA) is 86.9 Å². The molecule has 182 valence electrons. The quantitative estimate of drug-likeness (QED) is 0.322. The first-order valence-corrected chi connectivity index (χ1v) is 12.3. The Morgan fingerprint density at radius 3 is 2.21 bits per heavy atom. The lowest BCUT2D eigenvalue weighted by atomic mass is 10.1. The average molecular weight is 486 g/mol. The Morgan fingerprint density at radius 2 is 1.62 bits per heavy atom. The van der Waals surface area contributed by atoms with Crippen LogP contribution in [0.5, 0.6) is 17.2 Å². The summed E-state index contributed by atoms with van der Waals surface area (Å²) in [6.45, 7) is 9.12. The zero-order chi connectivity index (χ0) is 24.5. The lowest BCUT2D eigenvalue weighted by molar-refractivity contribution is -0.128. The predicted octanol–water partition coefficient (Wildman–Crippen LogP) is 5.24. The highest BCUT2D eigenvalue weighted by Crippen LogP contribution is 2.42. The standard InChI is InChI=1S/C25H31N3O5S/c1-6-30-20-14-19(15-21(31-7-2)23(20)32-8-3)24-26-27-25(33-24)34-16-22(29)28(5)17(4)18-12-10-9-11-13-18/h9-15,17H,6-8,16H2,1-5H3. The van der Waals surface area contributed by atoms with Crippen LogP contribution in [0.2, 0.25) is 0 Å². The number of ether oxygens (including phenoxy) is 3. The monoisotopic (exact) mass is 485 g/mol. The largest absolute Gasteiger partial charge is 0.490 e. The third-order valence-corrected chi connectivity index (χ3v) is 5.94. The molecule has 9 heteroatoms. The van der Waals surface area contributed by atoms with E-state index in [1.807, 2.05) is 58.0 Å². The van der Waals surface area contributed by atoms with Crippen LogP contribution in [0.15, 0.2) is 52.1 Å². The smallest absolute Gasteiger partial charge is 0.277 e. The van der Waals surface area contributed by atoms with E-state index < -0.39 is 0 Å². The van der Waals surface area contributed by atoms with E-state index in [1.54, 1.807) is 24.1 Å². The van der Waals surface area contributed by atoms with Gasteiger partial charge in [-0.25, -0.2) is 0 Å². The van der Waals surface area contributed by atoms with Crippen LogP contribution in [-0.4, -0.2) is 53.6 Å². The third kappa shape index (κ3) is 6.22. The zero-order valence-electron chi connectivity index (χ0n) is 20.2. The number of amides is 1. The molecule has 0 aliphatic heterocycles. The van der Waals surface area contributed by atoms with Gasteiger partial charge in [-0.1, -0.05) is 42.1 Å². The Bertz CT molecular complexity index is 1050. The third-order valence-electron chi connectivity index (χ3n) is 5.14. The molecule has 0 radical (unpaired) electrons. The molecule has 1 amide bonds. The van der Waals surface area contributed by atoms with Gasteiger partial charge >= 0.3 is 0 Å². The molecule has 0 fully saturated rings. The fraction of sp³-hybridized carbons (Fsp3) is 0.400. The van der Waals surface area contributed by atoms with Crippen molar-refractivity contribution in [2.24, 2.45) is 0 Å². The second-order valence-corrected chi connectivity index (χ2v) is 8.28. The van der Waals surface area contributed by atoms with Gasteiger partial charge in [0.25, 0.3) is 5.22 Å². The number of hydrogen-bond donors (Lipinski definition) is 0. The van der Waals surface area contributed by atoms with Gasteiger partial charge in [0, 0.05) is 12.6 Å². The van der Waals surface area contributed by atoms with E-state index in [9.17, 15) is 4.79 Å².